The summed E-state index contributed by atoms with van der Waals surface area (Å²) in [5, 5.41) is 5.59. The topological polar surface area (TPSA) is 24.9 Å². The van der Waals surface area contributed by atoms with Crippen LogP contribution < -0.4 is 5.32 Å². The van der Waals surface area contributed by atoms with Crippen molar-refractivity contribution in [1.82, 2.24) is 4.98 Å². The Labute approximate surface area is 128 Å². The predicted molar refractivity (Wildman–Crippen MR) is 84.4 cm³/mol. The van der Waals surface area contributed by atoms with Crippen molar-refractivity contribution in [3.63, 3.8) is 0 Å². The van der Waals surface area contributed by atoms with Crippen molar-refractivity contribution in [1.29, 1.82) is 0 Å². The second kappa shape index (κ2) is 5.17. The first-order valence-electron chi connectivity index (χ1n) is 5.40. The molecule has 0 aliphatic heterocycles. The standard InChI is InChI=1S/C13H7Cl3N2S/c14-7-4-5-11-10(6-7)18-13(19-11)17-9-3-1-2-8(15)12(9)16/h1-6H,(H,17,18). The SMILES string of the molecule is Clc1ccc2sc(Nc3cccc(Cl)c3Cl)nc2c1. The van der Waals surface area contributed by atoms with Crippen molar-refractivity contribution >= 4 is 67.2 Å². The zero-order chi connectivity index (χ0) is 13.4. The van der Waals surface area contributed by atoms with E-state index in [1.165, 1.54) is 11.3 Å². The molecule has 96 valence electrons. The molecule has 1 aromatic heterocycles. The van der Waals surface area contributed by atoms with Crippen molar-refractivity contribution in [3.05, 3.63) is 51.5 Å². The van der Waals surface area contributed by atoms with Gasteiger partial charge in [0.05, 0.1) is 25.9 Å². The van der Waals surface area contributed by atoms with E-state index in [4.69, 9.17) is 34.8 Å². The van der Waals surface area contributed by atoms with Crippen LogP contribution in [0.3, 0.4) is 0 Å². The zero-order valence-corrected chi connectivity index (χ0v) is 12.5. The fourth-order valence-corrected chi connectivity index (χ4v) is 3.04. The number of thiazole rings is 1. The Balaban J connectivity index is 1.99. The van der Waals surface area contributed by atoms with E-state index in [9.17, 15) is 0 Å². The van der Waals surface area contributed by atoms with E-state index in [-0.39, 0.29) is 0 Å². The molecule has 6 heteroatoms. The van der Waals surface area contributed by atoms with Crippen molar-refractivity contribution < 1.29 is 0 Å². The van der Waals surface area contributed by atoms with Gasteiger partial charge in [0, 0.05) is 5.02 Å². The Morgan fingerprint density at radius 2 is 1.89 bits per heavy atom. The zero-order valence-electron chi connectivity index (χ0n) is 9.45. The molecule has 2 nitrogen and oxygen atoms in total. The highest BCUT2D eigenvalue weighted by atomic mass is 35.5. The lowest BCUT2D eigenvalue weighted by atomic mass is 10.3. The molecular formula is C13H7Cl3N2S. The summed E-state index contributed by atoms with van der Waals surface area (Å²) in [7, 11) is 0. The highest BCUT2D eigenvalue weighted by molar-refractivity contribution is 7.22. The number of hydrogen-bond donors (Lipinski definition) is 1. The maximum absolute atomic E-state index is 6.13. The Hall–Kier alpha value is -1.00. The molecular weight excluding hydrogens is 323 g/mol. The van der Waals surface area contributed by atoms with E-state index in [1.54, 1.807) is 6.07 Å². The van der Waals surface area contributed by atoms with Gasteiger partial charge in [0.1, 0.15) is 0 Å². The molecule has 0 saturated carbocycles. The van der Waals surface area contributed by atoms with Crippen LogP contribution in [-0.2, 0) is 0 Å². The summed E-state index contributed by atoms with van der Waals surface area (Å²) in [6.07, 6.45) is 0. The molecule has 0 aliphatic rings. The van der Waals surface area contributed by atoms with E-state index in [2.05, 4.69) is 10.3 Å². The van der Waals surface area contributed by atoms with Gasteiger partial charge in [0.25, 0.3) is 0 Å². The van der Waals surface area contributed by atoms with Gasteiger partial charge in [0.15, 0.2) is 5.13 Å². The van der Waals surface area contributed by atoms with Gasteiger partial charge < -0.3 is 5.32 Å². The van der Waals surface area contributed by atoms with Gasteiger partial charge in [-0.2, -0.15) is 0 Å². The summed E-state index contributed by atoms with van der Waals surface area (Å²) in [5.74, 6) is 0. The summed E-state index contributed by atoms with van der Waals surface area (Å²) in [4.78, 5) is 4.46. The number of halogens is 3. The van der Waals surface area contributed by atoms with Crippen LogP contribution in [0.1, 0.15) is 0 Å². The molecule has 19 heavy (non-hydrogen) atoms. The van der Waals surface area contributed by atoms with Crippen molar-refractivity contribution in [2.75, 3.05) is 5.32 Å². The molecule has 0 aliphatic carbocycles. The van der Waals surface area contributed by atoms with Crippen LogP contribution in [0, 0.1) is 0 Å². The van der Waals surface area contributed by atoms with Gasteiger partial charge in [-0.3, -0.25) is 0 Å². The molecule has 0 bridgehead atoms. The number of anilines is 2. The number of rotatable bonds is 2. The van der Waals surface area contributed by atoms with Crippen LogP contribution in [0.15, 0.2) is 36.4 Å². The third-order valence-electron chi connectivity index (χ3n) is 2.54. The molecule has 3 aromatic rings. The Morgan fingerprint density at radius 1 is 1.05 bits per heavy atom. The van der Waals surface area contributed by atoms with Crippen LogP contribution in [0.2, 0.25) is 15.1 Å². The highest BCUT2D eigenvalue weighted by Crippen LogP contribution is 2.34. The lowest BCUT2D eigenvalue weighted by Crippen LogP contribution is -1.90. The van der Waals surface area contributed by atoms with E-state index < -0.39 is 0 Å². The predicted octanol–water partition coefficient (Wildman–Crippen LogP) is 6.00. The Bertz CT molecular complexity index is 755. The smallest absolute Gasteiger partial charge is 0.188 e. The number of fused-ring (bicyclic) bond motifs is 1. The molecule has 0 saturated heterocycles. The second-order valence-electron chi connectivity index (χ2n) is 3.86. The molecule has 0 atom stereocenters. The molecule has 0 fully saturated rings. The minimum Gasteiger partial charge on any atom is -0.330 e. The largest absolute Gasteiger partial charge is 0.330 e. The van der Waals surface area contributed by atoms with Crippen molar-refractivity contribution in [2.24, 2.45) is 0 Å². The Kier molecular flexibility index (Phi) is 3.54. The monoisotopic (exact) mass is 328 g/mol. The number of nitrogens with zero attached hydrogens (tertiary/aromatic N) is 1. The number of hydrogen-bond acceptors (Lipinski definition) is 3. The fraction of sp³-hybridized carbons (Fsp3) is 0. The number of aromatic nitrogens is 1. The van der Waals surface area contributed by atoms with Gasteiger partial charge in [-0.25, -0.2) is 4.98 Å². The normalized spacial score (nSPS) is 10.9. The van der Waals surface area contributed by atoms with Crippen LogP contribution in [0.5, 0.6) is 0 Å². The average Bonchev–Trinajstić information content (AvgIpc) is 2.76. The van der Waals surface area contributed by atoms with Gasteiger partial charge in [-0.1, -0.05) is 52.2 Å². The Morgan fingerprint density at radius 3 is 2.74 bits per heavy atom. The minimum atomic E-state index is 0.487. The average molecular weight is 330 g/mol. The molecule has 0 radical (unpaired) electrons. The van der Waals surface area contributed by atoms with Gasteiger partial charge in [0.2, 0.25) is 0 Å². The molecule has 0 amide bonds. The lowest BCUT2D eigenvalue weighted by Gasteiger charge is -2.05. The molecule has 1 N–H and O–H groups in total. The summed E-state index contributed by atoms with van der Waals surface area (Å²) in [5.41, 5.74) is 1.59. The van der Waals surface area contributed by atoms with Crippen molar-refractivity contribution in [2.45, 2.75) is 0 Å². The molecule has 2 aromatic carbocycles. The number of benzene rings is 2. The second-order valence-corrected chi connectivity index (χ2v) is 6.11. The maximum atomic E-state index is 6.13. The first-order chi connectivity index (χ1) is 9.13. The first kappa shape index (κ1) is 13.0. The van der Waals surface area contributed by atoms with Crippen molar-refractivity contribution in [3.8, 4) is 0 Å². The fourth-order valence-electron chi connectivity index (χ4n) is 1.67. The summed E-state index contributed by atoms with van der Waals surface area (Å²) >= 11 is 19.6. The van der Waals surface area contributed by atoms with Crippen LogP contribution >= 0.6 is 46.1 Å². The van der Waals surface area contributed by atoms with Gasteiger partial charge >= 0.3 is 0 Å². The third-order valence-corrected chi connectivity index (χ3v) is 4.55. The summed E-state index contributed by atoms with van der Waals surface area (Å²) in [6.45, 7) is 0. The summed E-state index contributed by atoms with van der Waals surface area (Å²) in [6, 6.07) is 11.1. The molecule has 1 heterocycles. The van der Waals surface area contributed by atoms with E-state index in [0.29, 0.717) is 15.1 Å². The summed E-state index contributed by atoms with van der Waals surface area (Å²) < 4.78 is 1.06. The number of nitrogens with one attached hydrogen (secondary N) is 1. The molecule has 0 spiro atoms. The van der Waals surface area contributed by atoms with E-state index >= 15 is 0 Å². The maximum Gasteiger partial charge on any atom is 0.188 e. The van der Waals surface area contributed by atoms with Crippen LogP contribution in [0.4, 0.5) is 10.8 Å². The lowest BCUT2D eigenvalue weighted by molar-refractivity contribution is 1.44. The van der Waals surface area contributed by atoms with Crippen LogP contribution in [0.25, 0.3) is 10.2 Å². The quantitative estimate of drug-likeness (QED) is 0.623. The van der Waals surface area contributed by atoms with Crippen LogP contribution in [-0.4, -0.2) is 4.98 Å². The molecule has 3 rings (SSSR count). The van der Waals surface area contributed by atoms with E-state index in [1.807, 2.05) is 30.3 Å². The van der Waals surface area contributed by atoms with E-state index in [0.717, 1.165) is 21.0 Å². The first-order valence-corrected chi connectivity index (χ1v) is 7.35. The minimum absolute atomic E-state index is 0.487. The molecule has 0 unspecified atom stereocenters. The third kappa shape index (κ3) is 2.65. The van der Waals surface area contributed by atoms with Gasteiger partial charge in [-0.15, -0.1) is 0 Å². The van der Waals surface area contributed by atoms with Gasteiger partial charge in [-0.05, 0) is 30.3 Å². The highest BCUT2D eigenvalue weighted by Gasteiger charge is 2.08.